The Balaban J connectivity index is 1.51. The van der Waals surface area contributed by atoms with Crippen LogP contribution in [-0.2, 0) is 10.5 Å². The molecular formula is C20H19N3OS2. The number of benzene rings is 2. The van der Waals surface area contributed by atoms with Gasteiger partial charge in [0.2, 0.25) is 11.0 Å². The first-order valence-electron chi connectivity index (χ1n) is 8.16. The maximum absolute atomic E-state index is 12.0. The predicted octanol–water partition coefficient (Wildman–Crippen LogP) is 5.10. The van der Waals surface area contributed by atoms with Crippen molar-refractivity contribution in [3.8, 4) is 0 Å². The van der Waals surface area contributed by atoms with E-state index in [0.717, 1.165) is 15.7 Å². The van der Waals surface area contributed by atoms with Gasteiger partial charge in [-0.15, -0.1) is 10.2 Å². The van der Waals surface area contributed by atoms with Crippen molar-refractivity contribution in [2.45, 2.75) is 23.9 Å². The topological polar surface area (TPSA) is 54.9 Å². The molecule has 0 unspecified atom stereocenters. The zero-order valence-corrected chi connectivity index (χ0v) is 16.2. The van der Waals surface area contributed by atoms with Crippen LogP contribution in [0.15, 0.2) is 58.9 Å². The highest BCUT2D eigenvalue weighted by atomic mass is 32.2. The van der Waals surface area contributed by atoms with Crippen LogP contribution in [0, 0.1) is 13.8 Å². The lowest BCUT2D eigenvalue weighted by Crippen LogP contribution is -2.07. The number of hydrogen-bond acceptors (Lipinski definition) is 5. The predicted molar refractivity (Wildman–Crippen MR) is 109 cm³/mol. The summed E-state index contributed by atoms with van der Waals surface area (Å²) in [5, 5.41) is 11.4. The average molecular weight is 382 g/mol. The van der Waals surface area contributed by atoms with Crippen LogP contribution in [0.4, 0.5) is 5.13 Å². The number of nitrogens with zero attached hydrogens (tertiary/aromatic N) is 2. The maximum atomic E-state index is 12.0. The fourth-order valence-electron chi connectivity index (χ4n) is 2.14. The number of aromatic nitrogens is 2. The summed E-state index contributed by atoms with van der Waals surface area (Å²) >= 11 is 3.00. The van der Waals surface area contributed by atoms with Gasteiger partial charge in [0.15, 0.2) is 4.34 Å². The van der Waals surface area contributed by atoms with Gasteiger partial charge < -0.3 is 0 Å². The van der Waals surface area contributed by atoms with E-state index in [1.807, 2.05) is 31.2 Å². The van der Waals surface area contributed by atoms with E-state index in [4.69, 9.17) is 0 Å². The molecule has 0 spiro atoms. The molecule has 0 radical (unpaired) electrons. The van der Waals surface area contributed by atoms with Gasteiger partial charge in [-0.25, -0.2) is 0 Å². The molecule has 0 aliphatic rings. The van der Waals surface area contributed by atoms with E-state index < -0.39 is 0 Å². The molecule has 0 aliphatic heterocycles. The van der Waals surface area contributed by atoms with E-state index in [2.05, 4.69) is 46.7 Å². The van der Waals surface area contributed by atoms with Gasteiger partial charge in [0, 0.05) is 11.8 Å². The number of carbonyl (C=O) groups excluding carboxylic acids is 1. The molecule has 0 saturated carbocycles. The second kappa shape index (κ2) is 8.78. The molecule has 0 fully saturated rings. The molecule has 0 atom stereocenters. The zero-order chi connectivity index (χ0) is 18.4. The van der Waals surface area contributed by atoms with Gasteiger partial charge in [-0.2, -0.15) is 0 Å². The molecule has 132 valence electrons. The van der Waals surface area contributed by atoms with Crippen LogP contribution >= 0.6 is 23.1 Å². The molecule has 2 aromatic carbocycles. The summed E-state index contributed by atoms with van der Waals surface area (Å²) < 4.78 is 0.836. The number of anilines is 1. The van der Waals surface area contributed by atoms with E-state index in [1.54, 1.807) is 17.8 Å². The molecule has 0 aliphatic carbocycles. The van der Waals surface area contributed by atoms with Crippen LogP contribution in [0.5, 0.6) is 0 Å². The smallest absolute Gasteiger partial charge is 0.250 e. The lowest BCUT2D eigenvalue weighted by molar-refractivity contribution is -0.111. The Bertz CT molecular complexity index is 900. The zero-order valence-electron chi connectivity index (χ0n) is 14.6. The van der Waals surface area contributed by atoms with Crippen molar-refractivity contribution in [2.24, 2.45) is 0 Å². The minimum atomic E-state index is -0.211. The summed E-state index contributed by atoms with van der Waals surface area (Å²) in [5.74, 6) is 0.618. The van der Waals surface area contributed by atoms with Crippen molar-refractivity contribution in [1.82, 2.24) is 10.2 Å². The number of hydrogen-bond donors (Lipinski definition) is 1. The van der Waals surface area contributed by atoms with Crippen molar-refractivity contribution in [2.75, 3.05) is 5.32 Å². The van der Waals surface area contributed by atoms with Crippen LogP contribution in [0.1, 0.15) is 22.3 Å². The molecule has 3 rings (SSSR count). The van der Waals surface area contributed by atoms with Crippen molar-refractivity contribution in [1.29, 1.82) is 0 Å². The third kappa shape index (κ3) is 5.54. The van der Waals surface area contributed by atoms with Gasteiger partial charge in [-0.3, -0.25) is 10.1 Å². The molecule has 1 N–H and O–H groups in total. The third-order valence-electron chi connectivity index (χ3n) is 3.62. The number of nitrogens with one attached hydrogen (secondary N) is 1. The van der Waals surface area contributed by atoms with E-state index in [0.29, 0.717) is 5.13 Å². The van der Waals surface area contributed by atoms with E-state index >= 15 is 0 Å². The fourth-order valence-corrected chi connectivity index (χ4v) is 3.86. The van der Waals surface area contributed by atoms with Crippen LogP contribution < -0.4 is 5.32 Å². The highest BCUT2D eigenvalue weighted by Crippen LogP contribution is 2.28. The molecule has 3 aromatic rings. The maximum Gasteiger partial charge on any atom is 0.250 e. The summed E-state index contributed by atoms with van der Waals surface area (Å²) in [4.78, 5) is 12.0. The first-order valence-corrected chi connectivity index (χ1v) is 9.96. The van der Waals surface area contributed by atoms with Crippen molar-refractivity contribution in [3.05, 3.63) is 76.9 Å². The quantitative estimate of drug-likeness (QED) is 0.367. The monoisotopic (exact) mass is 381 g/mol. The number of rotatable bonds is 6. The summed E-state index contributed by atoms with van der Waals surface area (Å²) in [6, 6.07) is 16.4. The molecule has 1 aromatic heterocycles. The highest BCUT2D eigenvalue weighted by molar-refractivity contribution is 8.00. The SMILES string of the molecule is Cc1ccc(/C=C/C(=O)Nc2nnc(SCc3ccc(C)cc3)s2)cc1. The van der Waals surface area contributed by atoms with Crippen LogP contribution in [0.25, 0.3) is 6.08 Å². The van der Waals surface area contributed by atoms with Crippen LogP contribution in [0.2, 0.25) is 0 Å². The molecule has 1 heterocycles. The standard InChI is InChI=1S/C20H19N3OS2/c1-14-3-7-16(8-4-14)11-12-18(24)21-19-22-23-20(26-19)25-13-17-9-5-15(2)6-10-17/h3-12H,13H2,1-2H3,(H,21,22,24)/b12-11+. The number of aryl methyl sites for hydroxylation is 2. The Kier molecular flexibility index (Phi) is 6.20. The normalized spacial score (nSPS) is 11.0. The first kappa shape index (κ1) is 18.4. The first-order chi connectivity index (χ1) is 12.6. The average Bonchev–Trinajstić information content (AvgIpc) is 3.08. The van der Waals surface area contributed by atoms with Crippen molar-refractivity contribution >= 4 is 40.2 Å². The molecule has 26 heavy (non-hydrogen) atoms. The van der Waals surface area contributed by atoms with E-state index in [1.165, 1.54) is 34.1 Å². The summed E-state index contributed by atoms with van der Waals surface area (Å²) in [6.07, 6.45) is 3.29. The van der Waals surface area contributed by atoms with Gasteiger partial charge in [0.1, 0.15) is 0 Å². The Morgan fingerprint density at radius 3 is 2.38 bits per heavy atom. The molecule has 0 saturated heterocycles. The van der Waals surface area contributed by atoms with Crippen LogP contribution in [0.3, 0.4) is 0 Å². The molecule has 6 heteroatoms. The second-order valence-corrected chi connectivity index (χ2v) is 8.08. The Labute approximate surface area is 161 Å². The van der Waals surface area contributed by atoms with E-state index in [9.17, 15) is 4.79 Å². The lowest BCUT2D eigenvalue weighted by atomic mass is 10.1. The summed E-state index contributed by atoms with van der Waals surface area (Å²) in [6.45, 7) is 4.11. The number of thioether (sulfide) groups is 1. The Hall–Kier alpha value is -2.44. The minimum Gasteiger partial charge on any atom is -0.297 e. The van der Waals surface area contributed by atoms with Gasteiger partial charge >= 0.3 is 0 Å². The Morgan fingerprint density at radius 2 is 1.69 bits per heavy atom. The Morgan fingerprint density at radius 1 is 1.04 bits per heavy atom. The number of amides is 1. The minimum absolute atomic E-state index is 0.211. The second-order valence-electron chi connectivity index (χ2n) is 5.88. The van der Waals surface area contributed by atoms with E-state index in [-0.39, 0.29) is 5.91 Å². The van der Waals surface area contributed by atoms with Gasteiger partial charge in [-0.05, 0) is 31.1 Å². The van der Waals surface area contributed by atoms with Gasteiger partial charge in [-0.1, -0.05) is 82.8 Å². The highest BCUT2D eigenvalue weighted by Gasteiger charge is 2.07. The van der Waals surface area contributed by atoms with Gasteiger partial charge in [0.05, 0.1) is 0 Å². The van der Waals surface area contributed by atoms with Crippen molar-refractivity contribution < 1.29 is 4.79 Å². The summed E-state index contributed by atoms with van der Waals surface area (Å²) in [5.41, 5.74) is 4.66. The van der Waals surface area contributed by atoms with Crippen LogP contribution in [-0.4, -0.2) is 16.1 Å². The molecule has 1 amide bonds. The molecule has 0 bridgehead atoms. The van der Waals surface area contributed by atoms with Gasteiger partial charge in [0.25, 0.3) is 0 Å². The fraction of sp³-hybridized carbons (Fsp3) is 0.150. The summed E-state index contributed by atoms with van der Waals surface area (Å²) in [7, 11) is 0. The third-order valence-corrected chi connectivity index (χ3v) is 5.67. The largest absolute Gasteiger partial charge is 0.297 e. The van der Waals surface area contributed by atoms with Crippen molar-refractivity contribution in [3.63, 3.8) is 0 Å². The lowest BCUT2D eigenvalue weighted by Gasteiger charge is -1.99. The number of carbonyl (C=O) groups is 1. The molecule has 4 nitrogen and oxygen atoms in total. The molecular weight excluding hydrogens is 362 g/mol.